The molecule has 0 saturated heterocycles. The minimum absolute atomic E-state index is 0.304. The van der Waals surface area contributed by atoms with Crippen molar-refractivity contribution in [2.24, 2.45) is 4.99 Å². The van der Waals surface area contributed by atoms with Crippen LogP contribution in [0.15, 0.2) is 17.1 Å². The summed E-state index contributed by atoms with van der Waals surface area (Å²) >= 11 is 0. The van der Waals surface area contributed by atoms with Crippen LogP contribution in [0.3, 0.4) is 0 Å². The fraction of sp³-hybridized carbons (Fsp3) is 0.500. The van der Waals surface area contributed by atoms with Crippen molar-refractivity contribution in [3.05, 3.63) is 23.3 Å². The van der Waals surface area contributed by atoms with Crippen molar-refractivity contribution < 1.29 is 9.84 Å². The molecule has 96 valence electrons. The lowest BCUT2D eigenvalue weighted by Gasteiger charge is -2.27. The average molecular weight is 246 g/mol. The Morgan fingerprint density at radius 3 is 3.06 bits per heavy atom. The number of aromatic hydroxyl groups is 1. The molecular weight excluding hydrogens is 228 g/mol. The number of amidine groups is 1. The summed E-state index contributed by atoms with van der Waals surface area (Å²) in [6.07, 6.45) is 3.10. The smallest absolute Gasteiger partial charge is 0.161 e. The molecule has 0 bridgehead atoms. The molecule has 1 aromatic carbocycles. The monoisotopic (exact) mass is 246 g/mol. The van der Waals surface area contributed by atoms with Gasteiger partial charge in [0.25, 0.3) is 0 Å². The minimum atomic E-state index is 0.304. The van der Waals surface area contributed by atoms with Crippen molar-refractivity contribution in [1.82, 2.24) is 5.32 Å². The van der Waals surface area contributed by atoms with Gasteiger partial charge >= 0.3 is 0 Å². The van der Waals surface area contributed by atoms with Crippen LogP contribution in [0.2, 0.25) is 0 Å². The third-order valence-electron chi connectivity index (χ3n) is 3.83. The number of nitrogens with one attached hydrogen (secondary N) is 1. The zero-order chi connectivity index (χ0) is 12.5. The lowest BCUT2D eigenvalue weighted by Crippen LogP contribution is -2.28. The molecular formula is C14H18N2O2. The Hall–Kier alpha value is -1.71. The molecule has 3 rings (SSSR count). The van der Waals surface area contributed by atoms with Gasteiger partial charge in [0.1, 0.15) is 5.84 Å². The van der Waals surface area contributed by atoms with E-state index in [4.69, 9.17) is 4.74 Å². The van der Waals surface area contributed by atoms with Crippen LogP contribution in [0.4, 0.5) is 0 Å². The number of hydrogen-bond donors (Lipinski definition) is 2. The van der Waals surface area contributed by atoms with Gasteiger partial charge in [0, 0.05) is 18.0 Å². The second-order valence-corrected chi connectivity index (χ2v) is 4.82. The van der Waals surface area contributed by atoms with Crippen molar-refractivity contribution in [3.8, 4) is 11.5 Å². The van der Waals surface area contributed by atoms with E-state index in [9.17, 15) is 5.11 Å². The topological polar surface area (TPSA) is 53.9 Å². The second kappa shape index (κ2) is 4.52. The molecule has 0 saturated carbocycles. The predicted molar refractivity (Wildman–Crippen MR) is 70.6 cm³/mol. The van der Waals surface area contributed by atoms with Gasteiger partial charge in [-0.05, 0) is 30.9 Å². The lowest BCUT2D eigenvalue weighted by molar-refractivity contribution is 0.368. The summed E-state index contributed by atoms with van der Waals surface area (Å²) < 4.78 is 5.18. The molecule has 4 heteroatoms. The molecule has 18 heavy (non-hydrogen) atoms. The minimum Gasteiger partial charge on any atom is -0.504 e. The zero-order valence-corrected chi connectivity index (χ0v) is 10.6. The highest BCUT2D eigenvalue weighted by molar-refractivity contribution is 5.91. The van der Waals surface area contributed by atoms with E-state index >= 15 is 0 Å². The van der Waals surface area contributed by atoms with E-state index in [0.29, 0.717) is 17.4 Å². The SMILES string of the molecule is COc1ccc2c(c1O)CCCC2C1=NCCN1. The quantitative estimate of drug-likeness (QED) is 0.837. The van der Waals surface area contributed by atoms with E-state index in [1.54, 1.807) is 7.11 Å². The Balaban J connectivity index is 2.03. The summed E-state index contributed by atoms with van der Waals surface area (Å²) in [5, 5.41) is 13.6. The van der Waals surface area contributed by atoms with Gasteiger partial charge in [-0.1, -0.05) is 6.07 Å². The number of nitrogens with zero attached hydrogens (tertiary/aromatic N) is 1. The Labute approximate surface area is 107 Å². The van der Waals surface area contributed by atoms with Crippen LogP contribution in [-0.2, 0) is 6.42 Å². The standard InChI is InChI=1S/C14H18N2O2/c1-18-12-6-5-9-10(13(12)17)3-2-4-11(9)14-15-7-8-16-14/h5-6,11,17H,2-4,7-8H2,1H3,(H,15,16). The average Bonchev–Trinajstić information content (AvgIpc) is 2.92. The first-order valence-corrected chi connectivity index (χ1v) is 6.48. The molecule has 1 heterocycles. The van der Waals surface area contributed by atoms with Gasteiger partial charge in [-0.25, -0.2) is 0 Å². The number of phenolic OH excluding ortho intramolecular Hbond substituents is 1. The van der Waals surface area contributed by atoms with Crippen molar-refractivity contribution in [2.75, 3.05) is 20.2 Å². The number of aliphatic imine (C=N–C) groups is 1. The molecule has 1 aliphatic carbocycles. The number of benzene rings is 1. The van der Waals surface area contributed by atoms with Crippen LogP contribution in [0.5, 0.6) is 11.5 Å². The molecule has 4 nitrogen and oxygen atoms in total. The van der Waals surface area contributed by atoms with Crippen LogP contribution >= 0.6 is 0 Å². The molecule has 0 aromatic heterocycles. The van der Waals surface area contributed by atoms with Crippen molar-refractivity contribution in [3.63, 3.8) is 0 Å². The molecule has 2 N–H and O–H groups in total. The Kier molecular flexibility index (Phi) is 2.86. The summed E-state index contributed by atoms with van der Waals surface area (Å²) in [6, 6.07) is 3.92. The van der Waals surface area contributed by atoms with Crippen LogP contribution < -0.4 is 10.1 Å². The maximum atomic E-state index is 10.2. The van der Waals surface area contributed by atoms with Gasteiger partial charge in [-0.3, -0.25) is 4.99 Å². The summed E-state index contributed by atoms with van der Waals surface area (Å²) in [5.74, 6) is 2.27. The Morgan fingerprint density at radius 2 is 2.33 bits per heavy atom. The molecule has 0 fully saturated rings. The summed E-state index contributed by atoms with van der Waals surface area (Å²) in [7, 11) is 1.59. The van der Waals surface area contributed by atoms with Crippen LogP contribution in [0.25, 0.3) is 0 Å². The van der Waals surface area contributed by atoms with Gasteiger partial charge < -0.3 is 15.2 Å². The van der Waals surface area contributed by atoms with Crippen molar-refractivity contribution in [2.45, 2.75) is 25.2 Å². The van der Waals surface area contributed by atoms with E-state index in [1.165, 1.54) is 5.56 Å². The number of phenols is 1. The highest BCUT2D eigenvalue weighted by atomic mass is 16.5. The first kappa shape index (κ1) is 11.4. The van der Waals surface area contributed by atoms with Gasteiger partial charge in [-0.15, -0.1) is 0 Å². The van der Waals surface area contributed by atoms with E-state index in [-0.39, 0.29) is 0 Å². The number of hydrogen-bond acceptors (Lipinski definition) is 4. The molecule has 1 atom stereocenters. The van der Waals surface area contributed by atoms with Crippen LogP contribution in [0.1, 0.15) is 29.9 Å². The lowest BCUT2D eigenvalue weighted by atomic mass is 9.81. The van der Waals surface area contributed by atoms with Gasteiger partial charge in [0.15, 0.2) is 11.5 Å². The summed E-state index contributed by atoms with van der Waals surface area (Å²) in [4.78, 5) is 4.52. The zero-order valence-electron chi connectivity index (χ0n) is 10.6. The predicted octanol–water partition coefficient (Wildman–Crippen LogP) is 1.82. The van der Waals surface area contributed by atoms with E-state index in [2.05, 4.69) is 16.4 Å². The normalized spacial score (nSPS) is 22.1. The molecule has 0 spiro atoms. The van der Waals surface area contributed by atoms with Crippen LogP contribution in [-0.4, -0.2) is 31.1 Å². The second-order valence-electron chi connectivity index (χ2n) is 4.82. The maximum Gasteiger partial charge on any atom is 0.161 e. The fourth-order valence-corrected chi connectivity index (χ4v) is 2.96. The van der Waals surface area contributed by atoms with E-state index in [1.807, 2.05) is 6.07 Å². The fourth-order valence-electron chi connectivity index (χ4n) is 2.96. The largest absolute Gasteiger partial charge is 0.504 e. The van der Waals surface area contributed by atoms with Gasteiger partial charge in [0.05, 0.1) is 13.7 Å². The van der Waals surface area contributed by atoms with Gasteiger partial charge in [0.2, 0.25) is 0 Å². The molecule has 0 amide bonds. The number of methoxy groups -OCH3 is 1. The van der Waals surface area contributed by atoms with E-state index < -0.39 is 0 Å². The molecule has 1 unspecified atom stereocenters. The first-order valence-electron chi connectivity index (χ1n) is 6.48. The molecule has 0 radical (unpaired) electrons. The van der Waals surface area contributed by atoms with Crippen LogP contribution in [0, 0.1) is 0 Å². The Morgan fingerprint density at radius 1 is 1.44 bits per heavy atom. The molecule has 1 aromatic rings. The first-order chi connectivity index (χ1) is 8.81. The third kappa shape index (κ3) is 1.72. The number of fused-ring (bicyclic) bond motifs is 1. The number of rotatable bonds is 2. The van der Waals surface area contributed by atoms with Gasteiger partial charge in [-0.2, -0.15) is 0 Å². The molecule has 1 aliphatic heterocycles. The van der Waals surface area contributed by atoms with Crippen molar-refractivity contribution in [1.29, 1.82) is 0 Å². The molecule has 2 aliphatic rings. The summed E-state index contributed by atoms with van der Waals surface area (Å²) in [5.41, 5.74) is 2.23. The number of ether oxygens (including phenoxy) is 1. The summed E-state index contributed by atoms with van der Waals surface area (Å²) in [6.45, 7) is 1.80. The van der Waals surface area contributed by atoms with Crippen molar-refractivity contribution >= 4 is 5.84 Å². The maximum absolute atomic E-state index is 10.2. The Bertz CT molecular complexity index is 497. The van der Waals surface area contributed by atoms with E-state index in [0.717, 1.165) is 43.8 Å². The highest BCUT2D eigenvalue weighted by Gasteiger charge is 2.28. The third-order valence-corrected chi connectivity index (χ3v) is 3.83. The highest BCUT2D eigenvalue weighted by Crippen LogP contribution is 2.41.